The van der Waals surface area contributed by atoms with Crippen molar-refractivity contribution >= 4 is 38.5 Å². The van der Waals surface area contributed by atoms with E-state index in [1.165, 1.54) is 0 Å². The number of thiol groups is 1. The van der Waals surface area contributed by atoms with Gasteiger partial charge in [-0.1, -0.05) is 84.5 Å². The Labute approximate surface area is 138 Å². The van der Waals surface area contributed by atoms with Crippen molar-refractivity contribution < 1.29 is 9.53 Å². The second-order valence-electron chi connectivity index (χ2n) is 4.82. The molecule has 1 atom stereocenters. The van der Waals surface area contributed by atoms with Gasteiger partial charge < -0.3 is 4.74 Å². The van der Waals surface area contributed by atoms with E-state index in [-0.39, 0.29) is 0 Å². The number of carbonyl (C=O) groups excluding carboxylic acids is 1. The zero-order valence-electron chi connectivity index (χ0n) is 11.7. The lowest BCUT2D eigenvalue weighted by atomic mass is 9.96. The SMILES string of the molecule is O=C(OC(c1ccccc1)c1cccc2ccccc12)SS. The fourth-order valence-corrected chi connectivity index (χ4v) is 2.80. The van der Waals surface area contributed by atoms with E-state index in [2.05, 4.69) is 23.8 Å². The summed E-state index contributed by atoms with van der Waals surface area (Å²) in [6, 6.07) is 23.9. The van der Waals surface area contributed by atoms with Crippen LogP contribution in [0.25, 0.3) is 10.8 Å². The van der Waals surface area contributed by atoms with Gasteiger partial charge in [0.2, 0.25) is 0 Å². The first-order valence-corrected chi connectivity index (χ1v) is 8.71. The van der Waals surface area contributed by atoms with Gasteiger partial charge in [0.05, 0.1) is 0 Å². The Bertz CT molecular complexity index is 782. The van der Waals surface area contributed by atoms with Crippen molar-refractivity contribution in [1.29, 1.82) is 0 Å². The average Bonchev–Trinajstić information content (AvgIpc) is 2.60. The predicted octanol–water partition coefficient (Wildman–Crippen LogP) is 5.64. The minimum Gasteiger partial charge on any atom is -0.444 e. The second kappa shape index (κ2) is 6.90. The Hall–Kier alpha value is -1.91. The van der Waals surface area contributed by atoms with Crippen LogP contribution in [0.4, 0.5) is 4.79 Å². The van der Waals surface area contributed by atoms with Crippen LogP contribution in [0.2, 0.25) is 0 Å². The fourth-order valence-electron chi connectivity index (χ4n) is 2.54. The maximum atomic E-state index is 11.8. The Morgan fingerprint density at radius 3 is 2.36 bits per heavy atom. The van der Waals surface area contributed by atoms with Gasteiger partial charge in [0.15, 0.2) is 6.10 Å². The molecule has 0 saturated heterocycles. The molecule has 0 radical (unpaired) electrons. The summed E-state index contributed by atoms with van der Waals surface area (Å²) in [5, 5.41) is 1.79. The van der Waals surface area contributed by atoms with Crippen LogP contribution in [0.3, 0.4) is 0 Å². The lowest BCUT2D eigenvalue weighted by Crippen LogP contribution is -2.09. The standard InChI is InChI=1S/C18H14O2S2/c19-18(22-21)20-17(14-8-2-1-3-9-14)16-12-6-10-13-7-4-5-11-15(13)16/h1-12,17,21H. The first-order chi connectivity index (χ1) is 10.8. The smallest absolute Gasteiger partial charge is 0.378 e. The third kappa shape index (κ3) is 3.13. The van der Waals surface area contributed by atoms with E-state index >= 15 is 0 Å². The molecule has 0 aromatic heterocycles. The van der Waals surface area contributed by atoms with Crippen LogP contribution in [-0.4, -0.2) is 5.30 Å². The number of ether oxygens (including phenoxy) is 1. The first kappa shape index (κ1) is 15.0. The fraction of sp³-hybridized carbons (Fsp3) is 0.0556. The van der Waals surface area contributed by atoms with Crippen LogP contribution >= 0.6 is 22.5 Å². The topological polar surface area (TPSA) is 26.3 Å². The van der Waals surface area contributed by atoms with Crippen LogP contribution in [0.15, 0.2) is 72.8 Å². The molecule has 0 N–H and O–H groups in total. The minimum absolute atomic E-state index is 0.412. The molecule has 0 bridgehead atoms. The van der Waals surface area contributed by atoms with Gasteiger partial charge in [-0.25, -0.2) is 4.79 Å². The number of rotatable bonds is 3. The van der Waals surface area contributed by atoms with E-state index in [1.807, 2.05) is 60.7 Å². The van der Waals surface area contributed by atoms with E-state index in [1.54, 1.807) is 0 Å². The van der Waals surface area contributed by atoms with Crippen molar-refractivity contribution in [1.82, 2.24) is 0 Å². The monoisotopic (exact) mass is 326 g/mol. The molecule has 2 nitrogen and oxygen atoms in total. The maximum absolute atomic E-state index is 11.8. The Balaban J connectivity index is 2.13. The zero-order valence-corrected chi connectivity index (χ0v) is 13.4. The summed E-state index contributed by atoms with van der Waals surface area (Å²) in [6.45, 7) is 0. The lowest BCUT2D eigenvalue weighted by molar-refractivity contribution is 0.145. The van der Waals surface area contributed by atoms with Crippen LogP contribution in [0.1, 0.15) is 17.2 Å². The molecule has 0 aliphatic rings. The van der Waals surface area contributed by atoms with Gasteiger partial charge in [-0.05, 0) is 16.3 Å². The van der Waals surface area contributed by atoms with Crippen LogP contribution in [0.5, 0.6) is 0 Å². The van der Waals surface area contributed by atoms with Gasteiger partial charge >= 0.3 is 5.30 Å². The Morgan fingerprint density at radius 2 is 1.59 bits per heavy atom. The van der Waals surface area contributed by atoms with Crippen molar-refractivity contribution in [3.05, 3.63) is 83.9 Å². The Morgan fingerprint density at radius 1 is 0.909 bits per heavy atom. The highest BCUT2D eigenvalue weighted by atomic mass is 33.1. The number of benzene rings is 3. The molecular weight excluding hydrogens is 312 g/mol. The molecule has 3 rings (SSSR count). The largest absolute Gasteiger partial charge is 0.444 e. The summed E-state index contributed by atoms with van der Waals surface area (Å²) in [5.74, 6) is 0. The summed E-state index contributed by atoms with van der Waals surface area (Å²) < 4.78 is 5.63. The zero-order chi connectivity index (χ0) is 15.4. The molecule has 3 aromatic rings. The van der Waals surface area contributed by atoms with E-state index in [0.29, 0.717) is 0 Å². The summed E-state index contributed by atoms with van der Waals surface area (Å²) in [6.07, 6.45) is -0.445. The van der Waals surface area contributed by atoms with Crippen LogP contribution in [0, 0.1) is 0 Å². The van der Waals surface area contributed by atoms with Crippen molar-refractivity contribution in [2.75, 3.05) is 0 Å². The number of carbonyl (C=O) groups is 1. The molecular formula is C18H14O2S2. The lowest BCUT2D eigenvalue weighted by Gasteiger charge is -2.19. The summed E-state index contributed by atoms with van der Waals surface area (Å²) >= 11 is 3.93. The molecule has 0 aliphatic heterocycles. The summed E-state index contributed by atoms with van der Waals surface area (Å²) in [5.41, 5.74) is 1.91. The highest BCUT2D eigenvalue weighted by Crippen LogP contribution is 2.33. The molecule has 3 aromatic carbocycles. The summed E-state index contributed by atoms with van der Waals surface area (Å²) in [4.78, 5) is 11.8. The third-order valence-electron chi connectivity index (χ3n) is 3.50. The van der Waals surface area contributed by atoms with Crippen molar-refractivity contribution in [2.45, 2.75) is 6.10 Å². The van der Waals surface area contributed by atoms with Gasteiger partial charge in [0, 0.05) is 16.4 Å². The quantitative estimate of drug-likeness (QED) is 0.383. The summed E-state index contributed by atoms with van der Waals surface area (Å²) in [7, 11) is 0.781. The second-order valence-corrected chi connectivity index (χ2v) is 5.88. The van der Waals surface area contributed by atoms with Crippen LogP contribution < -0.4 is 0 Å². The molecule has 4 heteroatoms. The average molecular weight is 326 g/mol. The normalized spacial score (nSPS) is 12.0. The van der Waals surface area contributed by atoms with Crippen molar-refractivity contribution in [3.8, 4) is 0 Å². The van der Waals surface area contributed by atoms with E-state index in [0.717, 1.165) is 32.7 Å². The maximum Gasteiger partial charge on any atom is 0.378 e. The van der Waals surface area contributed by atoms with E-state index < -0.39 is 11.4 Å². The minimum atomic E-state index is -0.445. The van der Waals surface area contributed by atoms with E-state index in [4.69, 9.17) is 4.74 Å². The molecule has 0 fully saturated rings. The first-order valence-electron chi connectivity index (χ1n) is 6.84. The highest BCUT2D eigenvalue weighted by molar-refractivity contribution is 8.74. The number of hydrogen-bond donors (Lipinski definition) is 1. The van der Waals surface area contributed by atoms with Gasteiger partial charge in [-0.2, -0.15) is 0 Å². The molecule has 22 heavy (non-hydrogen) atoms. The molecule has 0 heterocycles. The van der Waals surface area contributed by atoms with Crippen molar-refractivity contribution in [3.63, 3.8) is 0 Å². The molecule has 110 valence electrons. The van der Waals surface area contributed by atoms with Gasteiger partial charge in [0.25, 0.3) is 0 Å². The molecule has 0 saturated carbocycles. The molecule has 0 aliphatic carbocycles. The molecule has 0 spiro atoms. The van der Waals surface area contributed by atoms with E-state index in [9.17, 15) is 4.79 Å². The molecule has 0 amide bonds. The Kier molecular flexibility index (Phi) is 4.71. The predicted molar refractivity (Wildman–Crippen MR) is 95.3 cm³/mol. The number of fused-ring (bicyclic) bond motifs is 1. The van der Waals surface area contributed by atoms with Gasteiger partial charge in [-0.15, -0.1) is 0 Å². The highest BCUT2D eigenvalue weighted by Gasteiger charge is 2.20. The van der Waals surface area contributed by atoms with Gasteiger partial charge in [0.1, 0.15) is 0 Å². The third-order valence-corrected chi connectivity index (χ3v) is 4.19. The van der Waals surface area contributed by atoms with Crippen LogP contribution in [-0.2, 0) is 4.74 Å². The van der Waals surface area contributed by atoms with Crippen molar-refractivity contribution in [2.24, 2.45) is 0 Å². The van der Waals surface area contributed by atoms with Gasteiger partial charge in [-0.3, -0.25) is 0 Å². The number of hydrogen-bond acceptors (Lipinski definition) is 4. The molecule has 1 unspecified atom stereocenters.